The molecule has 1 heterocycles. The molecule has 0 bridgehead atoms. The molecule has 0 atom stereocenters. The molecular formula is C14H16N4O3. The smallest absolute Gasteiger partial charge is 0.258 e. The van der Waals surface area contributed by atoms with Crippen LogP contribution in [0.25, 0.3) is 0 Å². The van der Waals surface area contributed by atoms with Crippen LogP contribution in [-0.4, -0.2) is 30.1 Å². The average molecular weight is 288 g/mol. The van der Waals surface area contributed by atoms with Crippen LogP contribution in [0.2, 0.25) is 0 Å². The fourth-order valence-corrected chi connectivity index (χ4v) is 1.68. The van der Waals surface area contributed by atoms with E-state index in [4.69, 9.17) is 15.2 Å². The van der Waals surface area contributed by atoms with Gasteiger partial charge in [0.25, 0.3) is 5.91 Å². The number of nitrogens with one attached hydrogen (secondary N) is 1. The van der Waals surface area contributed by atoms with Gasteiger partial charge in [0, 0.05) is 12.1 Å². The summed E-state index contributed by atoms with van der Waals surface area (Å²) < 4.78 is 10.0. The summed E-state index contributed by atoms with van der Waals surface area (Å²) in [7, 11) is 2.94. The maximum absolute atomic E-state index is 12.2. The van der Waals surface area contributed by atoms with E-state index < -0.39 is 0 Å². The molecule has 0 unspecified atom stereocenters. The number of hydrogen-bond donors (Lipinski definition) is 2. The summed E-state index contributed by atoms with van der Waals surface area (Å²) in [6.07, 6.45) is 0. The third kappa shape index (κ3) is 3.67. The highest BCUT2D eigenvalue weighted by Gasteiger charge is 2.11. The first-order chi connectivity index (χ1) is 10.2. The molecule has 1 aromatic carbocycles. The van der Waals surface area contributed by atoms with Gasteiger partial charge in [0.15, 0.2) is 0 Å². The summed E-state index contributed by atoms with van der Waals surface area (Å²) in [5.74, 6) is 0.371. The van der Waals surface area contributed by atoms with Crippen molar-refractivity contribution in [3.63, 3.8) is 0 Å². The van der Waals surface area contributed by atoms with Crippen molar-refractivity contribution in [2.24, 2.45) is 5.73 Å². The highest BCUT2D eigenvalue weighted by Crippen LogP contribution is 2.18. The summed E-state index contributed by atoms with van der Waals surface area (Å²) in [5, 5.41) is 2.60. The fraction of sp³-hybridized carbons (Fsp3) is 0.214. The van der Waals surface area contributed by atoms with Gasteiger partial charge in [0.1, 0.15) is 0 Å². The van der Waals surface area contributed by atoms with Gasteiger partial charge in [-0.15, -0.1) is 0 Å². The highest BCUT2D eigenvalue weighted by atomic mass is 16.5. The molecule has 0 aliphatic heterocycles. The van der Waals surface area contributed by atoms with E-state index in [1.165, 1.54) is 20.3 Å². The van der Waals surface area contributed by atoms with Crippen LogP contribution in [0, 0.1) is 0 Å². The standard InChI is InChI=1S/C14H16N4O3/c1-20-11-7-12(21-2)17-14(16-11)18-13(19)10-5-3-4-9(6-10)8-15/h3-7H,8,15H2,1-2H3,(H,16,17,18,19). The summed E-state index contributed by atoms with van der Waals surface area (Å²) in [6, 6.07) is 8.54. The van der Waals surface area contributed by atoms with E-state index >= 15 is 0 Å². The van der Waals surface area contributed by atoms with Crippen molar-refractivity contribution in [1.29, 1.82) is 0 Å². The zero-order valence-corrected chi connectivity index (χ0v) is 11.8. The van der Waals surface area contributed by atoms with E-state index in [9.17, 15) is 4.79 Å². The number of methoxy groups -OCH3 is 2. The third-order valence-corrected chi connectivity index (χ3v) is 2.75. The Morgan fingerprint density at radius 3 is 2.43 bits per heavy atom. The second-order valence-electron chi connectivity index (χ2n) is 4.13. The zero-order valence-electron chi connectivity index (χ0n) is 11.8. The van der Waals surface area contributed by atoms with Crippen LogP contribution in [-0.2, 0) is 6.54 Å². The summed E-state index contributed by atoms with van der Waals surface area (Å²) >= 11 is 0. The van der Waals surface area contributed by atoms with Crippen LogP contribution >= 0.6 is 0 Å². The van der Waals surface area contributed by atoms with Crippen LogP contribution in [0.4, 0.5) is 5.95 Å². The Morgan fingerprint density at radius 1 is 1.19 bits per heavy atom. The molecule has 0 spiro atoms. The fourth-order valence-electron chi connectivity index (χ4n) is 1.68. The molecule has 7 heteroatoms. The summed E-state index contributed by atoms with van der Waals surface area (Å²) in [4.78, 5) is 20.2. The first-order valence-corrected chi connectivity index (χ1v) is 6.23. The van der Waals surface area contributed by atoms with E-state index in [0.717, 1.165) is 5.56 Å². The Bertz CT molecular complexity index is 624. The first kappa shape index (κ1) is 14.7. The Hall–Kier alpha value is -2.67. The van der Waals surface area contributed by atoms with Crippen LogP contribution < -0.4 is 20.5 Å². The summed E-state index contributed by atoms with van der Waals surface area (Å²) in [6.45, 7) is 0.366. The second kappa shape index (κ2) is 6.67. The quantitative estimate of drug-likeness (QED) is 0.857. The molecule has 0 aliphatic rings. The summed E-state index contributed by atoms with van der Waals surface area (Å²) in [5.41, 5.74) is 6.90. The lowest BCUT2D eigenvalue weighted by Gasteiger charge is -2.08. The van der Waals surface area contributed by atoms with Crippen LogP contribution in [0.3, 0.4) is 0 Å². The van der Waals surface area contributed by atoms with Crippen LogP contribution in [0.1, 0.15) is 15.9 Å². The second-order valence-corrected chi connectivity index (χ2v) is 4.13. The lowest BCUT2D eigenvalue weighted by Crippen LogP contribution is -2.15. The minimum absolute atomic E-state index is 0.106. The van der Waals surface area contributed by atoms with Crippen LogP contribution in [0.15, 0.2) is 30.3 Å². The normalized spacial score (nSPS) is 10.0. The number of nitrogens with two attached hydrogens (primary N) is 1. The Labute approximate surface area is 122 Å². The van der Waals surface area contributed by atoms with Gasteiger partial charge in [-0.2, -0.15) is 9.97 Å². The van der Waals surface area contributed by atoms with E-state index in [0.29, 0.717) is 23.9 Å². The number of aromatic nitrogens is 2. The Balaban J connectivity index is 2.22. The highest BCUT2D eigenvalue weighted by molar-refractivity contribution is 6.03. The first-order valence-electron chi connectivity index (χ1n) is 6.23. The number of carbonyl (C=O) groups excluding carboxylic acids is 1. The van der Waals surface area contributed by atoms with Gasteiger partial charge >= 0.3 is 0 Å². The van der Waals surface area contributed by atoms with E-state index in [-0.39, 0.29) is 11.9 Å². The molecule has 0 aliphatic carbocycles. The zero-order chi connectivity index (χ0) is 15.2. The lowest BCUT2D eigenvalue weighted by atomic mass is 10.1. The molecule has 0 fully saturated rings. The number of ether oxygens (including phenoxy) is 2. The molecule has 0 radical (unpaired) electrons. The molecule has 7 nitrogen and oxygen atoms in total. The number of nitrogens with zero attached hydrogens (tertiary/aromatic N) is 2. The van der Waals surface area contributed by atoms with Gasteiger partial charge in [-0.1, -0.05) is 12.1 Å². The number of anilines is 1. The van der Waals surface area contributed by atoms with Crippen molar-refractivity contribution < 1.29 is 14.3 Å². The van der Waals surface area contributed by atoms with Crippen molar-refractivity contribution in [1.82, 2.24) is 9.97 Å². The number of amides is 1. The number of hydrogen-bond acceptors (Lipinski definition) is 6. The molecule has 21 heavy (non-hydrogen) atoms. The largest absolute Gasteiger partial charge is 0.481 e. The number of carbonyl (C=O) groups is 1. The number of rotatable bonds is 5. The van der Waals surface area contributed by atoms with Crippen molar-refractivity contribution >= 4 is 11.9 Å². The molecule has 110 valence electrons. The van der Waals surface area contributed by atoms with Gasteiger partial charge in [0.2, 0.25) is 17.7 Å². The molecule has 1 aromatic heterocycles. The minimum Gasteiger partial charge on any atom is -0.481 e. The molecule has 3 N–H and O–H groups in total. The van der Waals surface area contributed by atoms with Gasteiger partial charge in [0.05, 0.1) is 20.3 Å². The maximum atomic E-state index is 12.2. The number of benzene rings is 1. The molecule has 0 saturated heterocycles. The van der Waals surface area contributed by atoms with Crippen molar-refractivity contribution in [2.45, 2.75) is 6.54 Å². The van der Waals surface area contributed by atoms with Crippen LogP contribution in [0.5, 0.6) is 11.8 Å². The Kier molecular flexibility index (Phi) is 4.68. The van der Waals surface area contributed by atoms with Crippen molar-refractivity contribution in [2.75, 3.05) is 19.5 Å². The predicted molar refractivity (Wildman–Crippen MR) is 77.4 cm³/mol. The monoisotopic (exact) mass is 288 g/mol. The SMILES string of the molecule is COc1cc(OC)nc(NC(=O)c2cccc(CN)c2)n1. The van der Waals surface area contributed by atoms with Gasteiger partial charge in [-0.25, -0.2) is 0 Å². The molecule has 2 rings (SSSR count). The van der Waals surface area contributed by atoms with Gasteiger partial charge < -0.3 is 15.2 Å². The molecule has 1 amide bonds. The molecule has 2 aromatic rings. The van der Waals surface area contributed by atoms with Crippen molar-refractivity contribution in [3.8, 4) is 11.8 Å². The Morgan fingerprint density at radius 2 is 1.86 bits per heavy atom. The topological polar surface area (TPSA) is 99.4 Å². The van der Waals surface area contributed by atoms with E-state index in [1.54, 1.807) is 18.2 Å². The van der Waals surface area contributed by atoms with E-state index in [2.05, 4.69) is 15.3 Å². The predicted octanol–water partition coefficient (Wildman–Crippen LogP) is 1.20. The lowest BCUT2D eigenvalue weighted by molar-refractivity contribution is 0.102. The third-order valence-electron chi connectivity index (χ3n) is 2.75. The van der Waals surface area contributed by atoms with Gasteiger partial charge in [-0.05, 0) is 17.7 Å². The van der Waals surface area contributed by atoms with Crippen molar-refractivity contribution in [3.05, 3.63) is 41.5 Å². The minimum atomic E-state index is -0.333. The maximum Gasteiger partial charge on any atom is 0.258 e. The molecular weight excluding hydrogens is 272 g/mol. The molecule has 0 saturated carbocycles. The van der Waals surface area contributed by atoms with E-state index in [1.807, 2.05) is 6.07 Å². The van der Waals surface area contributed by atoms with Gasteiger partial charge in [-0.3, -0.25) is 10.1 Å². The average Bonchev–Trinajstić information content (AvgIpc) is 2.54.